The third kappa shape index (κ3) is 3.49. The van der Waals surface area contributed by atoms with Gasteiger partial charge in [0.05, 0.1) is 0 Å². The summed E-state index contributed by atoms with van der Waals surface area (Å²) in [6.45, 7) is 3.01. The summed E-state index contributed by atoms with van der Waals surface area (Å²) in [5.74, 6) is 0.637. The lowest BCUT2D eigenvalue weighted by atomic mass is 9.85. The average molecular weight is 212 g/mol. The Kier molecular flexibility index (Phi) is 5.09. The highest BCUT2D eigenvalue weighted by molar-refractivity contribution is 5.78. The van der Waals surface area contributed by atoms with Gasteiger partial charge in [-0.25, -0.2) is 0 Å². The third-order valence-corrected chi connectivity index (χ3v) is 3.42. The second kappa shape index (κ2) is 6.11. The van der Waals surface area contributed by atoms with Crippen LogP contribution in [0.3, 0.4) is 0 Å². The molecule has 1 aliphatic rings. The SMILES string of the molecule is CCCN(C)C(=O)C1CCC(NC)CC1. The number of carbonyl (C=O) groups is 1. The van der Waals surface area contributed by atoms with Gasteiger partial charge in [-0.1, -0.05) is 6.92 Å². The number of hydrogen-bond donors (Lipinski definition) is 1. The van der Waals surface area contributed by atoms with Gasteiger partial charge in [-0.05, 0) is 39.2 Å². The van der Waals surface area contributed by atoms with Gasteiger partial charge < -0.3 is 10.2 Å². The van der Waals surface area contributed by atoms with Crippen LogP contribution >= 0.6 is 0 Å². The summed E-state index contributed by atoms with van der Waals surface area (Å²) in [6, 6.07) is 0.630. The fourth-order valence-corrected chi connectivity index (χ4v) is 2.39. The van der Waals surface area contributed by atoms with Crippen molar-refractivity contribution in [1.29, 1.82) is 0 Å². The molecule has 0 aromatic heterocycles. The van der Waals surface area contributed by atoms with Crippen molar-refractivity contribution in [3.63, 3.8) is 0 Å². The van der Waals surface area contributed by atoms with E-state index in [1.54, 1.807) is 0 Å². The van der Waals surface area contributed by atoms with Gasteiger partial charge in [-0.2, -0.15) is 0 Å². The Morgan fingerprint density at radius 1 is 1.33 bits per heavy atom. The highest BCUT2D eigenvalue weighted by Gasteiger charge is 2.27. The van der Waals surface area contributed by atoms with E-state index in [-0.39, 0.29) is 5.92 Å². The van der Waals surface area contributed by atoms with Gasteiger partial charge in [0.2, 0.25) is 5.91 Å². The second-order valence-corrected chi connectivity index (χ2v) is 4.60. The van der Waals surface area contributed by atoms with Crippen molar-refractivity contribution in [1.82, 2.24) is 10.2 Å². The number of carbonyl (C=O) groups excluding carboxylic acids is 1. The summed E-state index contributed by atoms with van der Waals surface area (Å²) < 4.78 is 0. The van der Waals surface area contributed by atoms with Crippen LogP contribution in [-0.4, -0.2) is 37.5 Å². The quantitative estimate of drug-likeness (QED) is 0.768. The molecule has 0 radical (unpaired) electrons. The normalized spacial score (nSPS) is 26.3. The fraction of sp³-hybridized carbons (Fsp3) is 0.917. The van der Waals surface area contributed by atoms with Crippen molar-refractivity contribution in [2.75, 3.05) is 20.6 Å². The Hall–Kier alpha value is -0.570. The van der Waals surface area contributed by atoms with Gasteiger partial charge >= 0.3 is 0 Å². The van der Waals surface area contributed by atoms with Crippen molar-refractivity contribution in [3.05, 3.63) is 0 Å². The topological polar surface area (TPSA) is 32.3 Å². The van der Waals surface area contributed by atoms with Crippen LogP contribution in [0.4, 0.5) is 0 Å². The Morgan fingerprint density at radius 3 is 2.40 bits per heavy atom. The fourth-order valence-electron chi connectivity index (χ4n) is 2.39. The van der Waals surface area contributed by atoms with Crippen LogP contribution in [0.15, 0.2) is 0 Å². The Bertz CT molecular complexity index is 198. The highest BCUT2D eigenvalue weighted by Crippen LogP contribution is 2.25. The molecule has 0 heterocycles. The number of hydrogen-bond acceptors (Lipinski definition) is 2. The van der Waals surface area contributed by atoms with Gasteiger partial charge in [-0.3, -0.25) is 4.79 Å². The molecule has 1 rings (SSSR count). The van der Waals surface area contributed by atoms with E-state index >= 15 is 0 Å². The lowest BCUT2D eigenvalue weighted by Gasteiger charge is -2.30. The van der Waals surface area contributed by atoms with Crippen molar-refractivity contribution in [2.45, 2.75) is 45.1 Å². The molecule has 1 saturated carbocycles. The Balaban J connectivity index is 2.35. The van der Waals surface area contributed by atoms with E-state index in [1.807, 2.05) is 19.0 Å². The minimum Gasteiger partial charge on any atom is -0.346 e. The van der Waals surface area contributed by atoms with E-state index < -0.39 is 0 Å². The molecule has 0 saturated heterocycles. The zero-order valence-electron chi connectivity index (χ0n) is 10.3. The Labute approximate surface area is 93.2 Å². The van der Waals surface area contributed by atoms with Crippen LogP contribution < -0.4 is 5.32 Å². The average Bonchev–Trinajstić information content (AvgIpc) is 2.28. The smallest absolute Gasteiger partial charge is 0.225 e. The molecule has 0 aliphatic heterocycles. The van der Waals surface area contributed by atoms with Crippen molar-refractivity contribution >= 4 is 5.91 Å². The van der Waals surface area contributed by atoms with Crippen LogP contribution in [0.25, 0.3) is 0 Å². The minimum absolute atomic E-state index is 0.283. The van der Waals surface area contributed by atoms with Crippen molar-refractivity contribution < 1.29 is 4.79 Å². The first-order valence-electron chi connectivity index (χ1n) is 6.11. The van der Waals surface area contributed by atoms with E-state index in [1.165, 1.54) is 0 Å². The van der Waals surface area contributed by atoms with E-state index in [4.69, 9.17) is 0 Å². The molecule has 88 valence electrons. The number of rotatable bonds is 4. The number of nitrogens with one attached hydrogen (secondary N) is 1. The van der Waals surface area contributed by atoms with Crippen LogP contribution in [0.5, 0.6) is 0 Å². The van der Waals surface area contributed by atoms with Crippen LogP contribution in [0.2, 0.25) is 0 Å². The van der Waals surface area contributed by atoms with Crippen molar-refractivity contribution in [3.8, 4) is 0 Å². The maximum absolute atomic E-state index is 12.0. The largest absolute Gasteiger partial charge is 0.346 e. The molecule has 3 heteroatoms. The molecule has 0 bridgehead atoms. The molecule has 0 unspecified atom stereocenters. The van der Waals surface area contributed by atoms with E-state index in [0.717, 1.165) is 38.6 Å². The predicted molar refractivity (Wildman–Crippen MR) is 62.7 cm³/mol. The first-order chi connectivity index (χ1) is 7.19. The van der Waals surface area contributed by atoms with Crippen LogP contribution in [0.1, 0.15) is 39.0 Å². The number of nitrogens with zero attached hydrogens (tertiary/aromatic N) is 1. The van der Waals surface area contributed by atoms with E-state index in [0.29, 0.717) is 11.9 Å². The van der Waals surface area contributed by atoms with E-state index in [2.05, 4.69) is 12.2 Å². The summed E-state index contributed by atoms with van der Waals surface area (Å²) in [4.78, 5) is 13.9. The molecule has 1 amide bonds. The molecule has 15 heavy (non-hydrogen) atoms. The molecule has 0 atom stereocenters. The van der Waals surface area contributed by atoms with Crippen LogP contribution in [-0.2, 0) is 4.79 Å². The lowest BCUT2D eigenvalue weighted by molar-refractivity contribution is -0.135. The molecular formula is C12H24N2O. The number of amides is 1. The molecule has 0 aromatic rings. The van der Waals surface area contributed by atoms with Gasteiger partial charge in [-0.15, -0.1) is 0 Å². The second-order valence-electron chi connectivity index (χ2n) is 4.60. The molecule has 0 spiro atoms. The summed E-state index contributed by atoms with van der Waals surface area (Å²) >= 11 is 0. The monoisotopic (exact) mass is 212 g/mol. The highest BCUT2D eigenvalue weighted by atomic mass is 16.2. The zero-order valence-corrected chi connectivity index (χ0v) is 10.3. The minimum atomic E-state index is 0.283. The first kappa shape index (κ1) is 12.5. The van der Waals surface area contributed by atoms with Crippen molar-refractivity contribution in [2.24, 2.45) is 5.92 Å². The molecule has 1 fully saturated rings. The maximum atomic E-state index is 12.0. The predicted octanol–water partition coefficient (Wildman–Crippen LogP) is 1.63. The summed E-state index contributed by atoms with van der Waals surface area (Å²) in [5.41, 5.74) is 0. The molecule has 0 aromatic carbocycles. The van der Waals surface area contributed by atoms with Gasteiger partial charge in [0.1, 0.15) is 0 Å². The molecule has 1 N–H and O–H groups in total. The summed E-state index contributed by atoms with van der Waals surface area (Å²) in [6.07, 6.45) is 5.45. The van der Waals surface area contributed by atoms with Crippen LogP contribution in [0, 0.1) is 5.92 Å². The van der Waals surface area contributed by atoms with Gasteiger partial charge in [0.15, 0.2) is 0 Å². The zero-order chi connectivity index (χ0) is 11.3. The van der Waals surface area contributed by atoms with Gasteiger partial charge in [0.25, 0.3) is 0 Å². The standard InChI is InChI=1S/C12H24N2O/c1-4-9-14(3)12(15)10-5-7-11(13-2)8-6-10/h10-11,13H,4-9H2,1-3H3. The molecular weight excluding hydrogens is 188 g/mol. The lowest BCUT2D eigenvalue weighted by Crippen LogP contribution is -2.38. The first-order valence-corrected chi connectivity index (χ1v) is 6.11. The summed E-state index contributed by atoms with van der Waals surface area (Å²) in [5, 5.41) is 3.29. The Morgan fingerprint density at radius 2 is 1.93 bits per heavy atom. The van der Waals surface area contributed by atoms with E-state index in [9.17, 15) is 4.79 Å². The molecule has 1 aliphatic carbocycles. The maximum Gasteiger partial charge on any atom is 0.225 e. The van der Waals surface area contributed by atoms with Gasteiger partial charge in [0, 0.05) is 25.6 Å². The molecule has 3 nitrogen and oxygen atoms in total. The third-order valence-electron chi connectivity index (χ3n) is 3.42. The summed E-state index contributed by atoms with van der Waals surface area (Å²) in [7, 11) is 3.94.